The van der Waals surface area contributed by atoms with Crippen molar-refractivity contribution in [2.24, 2.45) is 0 Å². The molecule has 0 aromatic rings. The first-order valence-electron chi connectivity index (χ1n) is 12.1. The quantitative estimate of drug-likeness (QED) is 0.0655. The number of carbonyl (C=O) groups is 3. The molecule has 0 bridgehead atoms. The van der Waals surface area contributed by atoms with Gasteiger partial charge < -0.3 is 15.2 Å². The van der Waals surface area contributed by atoms with Gasteiger partial charge in [-0.25, -0.2) is 0 Å². The summed E-state index contributed by atoms with van der Waals surface area (Å²) in [7, 11) is -4.91. The summed E-state index contributed by atoms with van der Waals surface area (Å²) < 4.78 is 35.3. The zero-order valence-electron chi connectivity index (χ0n) is 20.1. The van der Waals surface area contributed by atoms with Crippen LogP contribution in [0.25, 0.3) is 0 Å². The van der Waals surface area contributed by atoms with Crippen LogP contribution in [-0.4, -0.2) is 54.3 Å². The van der Waals surface area contributed by atoms with E-state index in [0.717, 1.165) is 25.7 Å². The van der Waals surface area contributed by atoms with Crippen LogP contribution < -0.4 is 5.32 Å². The molecule has 1 unspecified atom stereocenters. The zero-order valence-corrected chi connectivity index (χ0v) is 20.9. The third-order valence-corrected chi connectivity index (χ3v) is 6.29. The number of ether oxygens (including phenoxy) is 1. The van der Waals surface area contributed by atoms with Gasteiger partial charge in [0, 0.05) is 0 Å². The smallest absolute Gasteiger partial charge is 0.325 e. The Bertz CT molecular complexity index is 733. The van der Waals surface area contributed by atoms with E-state index in [0.29, 0.717) is 0 Å². The molecule has 0 fully saturated rings. The minimum Gasteiger partial charge on any atom is -0.480 e. The Morgan fingerprint density at radius 2 is 1.38 bits per heavy atom. The molecule has 0 aromatic carbocycles. The van der Waals surface area contributed by atoms with E-state index >= 15 is 0 Å². The summed E-state index contributed by atoms with van der Waals surface area (Å²) in [6, 6.07) is 0. The summed E-state index contributed by atoms with van der Waals surface area (Å²) in [6.45, 7) is 3.48. The minimum atomic E-state index is -4.91. The summed E-state index contributed by atoms with van der Waals surface area (Å²) in [6.07, 6.45) is 19.8. The maximum atomic E-state index is 11.7. The van der Waals surface area contributed by atoms with E-state index in [4.69, 9.17) is 9.66 Å². The van der Waals surface area contributed by atoms with Gasteiger partial charge in [-0.15, -0.1) is 6.58 Å². The van der Waals surface area contributed by atoms with Crippen LogP contribution in [-0.2, 0) is 29.2 Å². The molecule has 1 atom stereocenters. The molecule has 34 heavy (non-hydrogen) atoms. The molecule has 9 nitrogen and oxygen atoms in total. The largest absolute Gasteiger partial charge is 0.480 e. The highest BCUT2D eigenvalue weighted by Gasteiger charge is 2.33. The molecule has 0 aromatic heterocycles. The number of carboxylic acids is 1. The second-order valence-corrected chi connectivity index (χ2v) is 9.81. The van der Waals surface area contributed by atoms with Crippen molar-refractivity contribution in [3.63, 3.8) is 0 Å². The van der Waals surface area contributed by atoms with E-state index in [1.165, 1.54) is 63.9 Å². The lowest BCUT2D eigenvalue weighted by atomic mass is 10.0. The van der Waals surface area contributed by atoms with Gasteiger partial charge in [-0.2, -0.15) is 8.42 Å². The number of esters is 1. The average molecular weight is 504 g/mol. The van der Waals surface area contributed by atoms with Crippen molar-refractivity contribution >= 4 is 28.0 Å². The fraction of sp³-hybridized carbons (Fsp3) is 0.708. The third kappa shape index (κ3) is 19.3. The highest BCUT2D eigenvalue weighted by atomic mass is 32.2. The topological polar surface area (TPSA) is 147 Å². The molecular formula is C24H41NO8S. The average Bonchev–Trinajstić information content (AvgIpc) is 2.76. The molecule has 0 aliphatic heterocycles. The number of rotatable bonds is 22. The number of hydrogen-bond acceptors (Lipinski definition) is 6. The summed E-state index contributed by atoms with van der Waals surface area (Å²) >= 11 is 0. The lowest BCUT2D eigenvalue weighted by Crippen LogP contribution is -2.33. The Balaban J connectivity index is 3.63. The van der Waals surface area contributed by atoms with Crippen LogP contribution in [0.2, 0.25) is 0 Å². The fourth-order valence-corrected chi connectivity index (χ4v) is 3.86. The van der Waals surface area contributed by atoms with E-state index in [-0.39, 0.29) is 19.1 Å². The lowest BCUT2D eigenvalue weighted by molar-refractivity contribution is -0.147. The first kappa shape index (κ1) is 31.8. The van der Waals surface area contributed by atoms with Crippen molar-refractivity contribution < 1.29 is 37.2 Å². The summed E-state index contributed by atoms with van der Waals surface area (Å²) in [4.78, 5) is 33.9. The Hall–Kier alpha value is -2.20. The maximum absolute atomic E-state index is 11.7. The van der Waals surface area contributed by atoms with E-state index in [1.807, 2.05) is 6.08 Å². The number of carbonyl (C=O) groups excluding carboxylic acids is 2. The monoisotopic (exact) mass is 503 g/mol. The van der Waals surface area contributed by atoms with Crippen molar-refractivity contribution in [3.05, 3.63) is 24.8 Å². The molecule has 0 spiro atoms. The Morgan fingerprint density at radius 3 is 1.85 bits per heavy atom. The van der Waals surface area contributed by atoms with Gasteiger partial charge in [0.1, 0.15) is 6.61 Å². The third-order valence-electron chi connectivity index (χ3n) is 5.20. The Labute approximate surface area is 203 Å². The van der Waals surface area contributed by atoms with Gasteiger partial charge in [0.05, 0.1) is 13.0 Å². The van der Waals surface area contributed by atoms with Crippen LogP contribution >= 0.6 is 0 Å². The van der Waals surface area contributed by atoms with E-state index < -0.39 is 33.7 Å². The predicted molar refractivity (Wildman–Crippen MR) is 131 cm³/mol. The second kappa shape index (κ2) is 20.2. The molecule has 196 valence electrons. The van der Waals surface area contributed by atoms with Gasteiger partial charge in [-0.3, -0.25) is 18.9 Å². The highest BCUT2D eigenvalue weighted by Crippen LogP contribution is 2.12. The van der Waals surface area contributed by atoms with Crippen LogP contribution in [0.1, 0.15) is 89.9 Å². The van der Waals surface area contributed by atoms with Crippen LogP contribution in [0.4, 0.5) is 0 Å². The number of hydrogen-bond donors (Lipinski definition) is 3. The van der Waals surface area contributed by atoms with Crippen molar-refractivity contribution in [3.8, 4) is 0 Å². The molecule has 0 saturated heterocycles. The molecule has 0 heterocycles. The molecule has 0 radical (unpaired) electrons. The van der Waals surface area contributed by atoms with Gasteiger partial charge in [0.2, 0.25) is 5.91 Å². The number of aliphatic carboxylic acids is 1. The number of nitrogens with one attached hydrogen (secondary N) is 1. The zero-order chi connectivity index (χ0) is 25.7. The summed E-state index contributed by atoms with van der Waals surface area (Å²) in [5.41, 5.74) is 0. The van der Waals surface area contributed by atoms with E-state index in [2.05, 4.69) is 16.6 Å². The lowest BCUT2D eigenvalue weighted by Gasteiger charge is -2.09. The van der Waals surface area contributed by atoms with Crippen LogP contribution in [0.3, 0.4) is 0 Å². The molecule has 1 amide bonds. The number of carboxylic acid groups (broad SMARTS) is 1. The van der Waals surface area contributed by atoms with E-state index in [9.17, 15) is 22.8 Å². The molecular weight excluding hydrogens is 462 g/mol. The van der Waals surface area contributed by atoms with E-state index in [1.54, 1.807) is 6.08 Å². The molecule has 0 saturated carbocycles. The number of unbranched alkanes of at least 4 members (excludes halogenated alkanes) is 12. The highest BCUT2D eigenvalue weighted by molar-refractivity contribution is 7.87. The van der Waals surface area contributed by atoms with Gasteiger partial charge in [-0.1, -0.05) is 69.9 Å². The second-order valence-electron chi connectivity index (χ2n) is 8.21. The Kier molecular flexibility index (Phi) is 18.9. The molecule has 3 N–H and O–H groups in total. The number of allylic oxidation sites excluding steroid dienone is 2. The van der Waals surface area contributed by atoms with Crippen molar-refractivity contribution in [2.45, 2.75) is 95.1 Å². The van der Waals surface area contributed by atoms with Gasteiger partial charge in [-0.05, 0) is 31.8 Å². The van der Waals surface area contributed by atoms with Crippen LogP contribution in [0.5, 0.6) is 0 Å². The van der Waals surface area contributed by atoms with Gasteiger partial charge in [0.15, 0.2) is 5.25 Å². The first-order chi connectivity index (χ1) is 16.2. The van der Waals surface area contributed by atoms with Crippen molar-refractivity contribution in [1.82, 2.24) is 5.32 Å². The predicted octanol–water partition coefficient (Wildman–Crippen LogP) is 4.19. The number of amides is 1. The standard InChI is InChI=1S/C24H41NO8S/c1-2-3-4-5-6-7-8-9-10-11-12-13-14-15-16-17-22(26)25-18-19-33-23(27)20-21(24(28)29)34(30,31)32/h2,16-17,21H,1,3-15,18-20H2,(H,25,26)(H,28,29)(H,30,31,32). The molecule has 0 rings (SSSR count). The molecule has 0 aliphatic rings. The van der Waals surface area contributed by atoms with Crippen LogP contribution in [0, 0.1) is 0 Å². The van der Waals surface area contributed by atoms with Crippen molar-refractivity contribution in [1.29, 1.82) is 0 Å². The normalized spacial score (nSPS) is 12.4. The maximum Gasteiger partial charge on any atom is 0.325 e. The van der Waals surface area contributed by atoms with Gasteiger partial charge in [0.25, 0.3) is 10.1 Å². The van der Waals surface area contributed by atoms with Crippen LogP contribution in [0.15, 0.2) is 24.8 Å². The minimum absolute atomic E-state index is 0.00660. The molecule has 10 heteroatoms. The summed E-state index contributed by atoms with van der Waals surface area (Å²) in [5.74, 6) is -3.30. The summed E-state index contributed by atoms with van der Waals surface area (Å²) in [5, 5.41) is 8.94. The van der Waals surface area contributed by atoms with Crippen molar-refractivity contribution in [2.75, 3.05) is 13.2 Å². The molecule has 0 aliphatic carbocycles. The SMILES string of the molecule is C=CCCCCCCCCCCCCCC=CC(=O)NCCOC(=O)CC(C(=O)O)S(=O)(=O)O. The first-order valence-corrected chi connectivity index (χ1v) is 13.6. The van der Waals surface area contributed by atoms with Gasteiger partial charge >= 0.3 is 11.9 Å². The Morgan fingerprint density at radius 1 is 0.882 bits per heavy atom. The fourth-order valence-electron chi connectivity index (χ4n) is 3.26.